The summed E-state index contributed by atoms with van der Waals surface area (Å²) in [5.74, 6) is 155. The third-order valence-corrected chi connectivity index (χ3v) is 24.6. The number of terminal acetylenes is 3. The smallest absolute Gasteiger partial charge is 0.245 e. The first-order chi connectivity index (χ1) is 63.4. The summed E-state index contributed by atoms with van der Waals surface area (Å²) in [5, 5.41) is 0. The number of sulfonamides is 4. The molecule has 0 aromatic heterocycles. The minimum atomic E-state index is -3.91. The maximum absolute atomic E-state index is 13.4. The summed E-state index contributed by atoms with van der Waals surface area (Å²) >= 11 is 6.62. The fourth-order valence-corrected chi connectivity index (χ4v) is 17.0. The summed E-state index contributed by atoms with van der Waals surface area (Å²) in [6, 6.07) is 24.5. The van der Waals surface area contributed by atoms with Gasteiger partial charge in [-0.3, -0.25) is 9.59 Å². The number of ketones is 2. The SMILES string of the molecule is C#CC#CC#CC#CC#CC#CC#CC#CC#CC#CC#CC#CC.C#CC#CC#CC#CC#CC#CC#CC#CC#CC#CC#CC#CC#CC#CC#CC#CC#CC#CC#CC#CC#C.CC(=O)c1ccc(S(=O)(=O)N2CCC3(CC2)OCCN3S(=O)(=O)c2ccc(C(C)=O)cc2)cc1.O=S(=O)(c1ccc(Br)cc1)N1CCC2(CC1)OCCN2S(=O)(=O)c1ccc(Br)cc1. The number of hydrogen-bond donors (Lipinski definition) is 0. The highest BCUT2D eigenvalue weighted by Crippen LogP contribution is 2.41. The van der Waals surface area contributed by atoms with Gasteiger partial charge in [0.2, 0.25) is 40.1 Å². The van der Waals surface area contributed by atoms with Gasteiger partial charge in [0.15, 0.2) is 11.6 Å². The molecule has 0 bridgehead atoms. The van der Waals surface area contributed by atoms with E-state index in [4.69, 9.17) is 28.7 Å². The third kappa shape index (κ3) is 38.1. The quantitative estimate of drug-likeness (QED) is 0.120. The van der Waals surface area contributed by atoms with Gasteiger partial charge in [-0.15, -0.1) is 19.3 Å². The molecule has 0 amide bonds. The topological polar surface area (TPSA) is 202 Å². The molecule has 4 aliphatic rings. The zero-order chi connectivity index (χ0) is 94.8. The van der Waals surface area contributed by atoms with E-state index in [0.717, 1.165) is 8.95 Å². The van der Waals surface area contributed by atoms with Crippen LogP contribution in [0.1, 0.15) is 67.2 Å². The van der Waals surface area contributed by atoms with Crippen molar-refractivity contribution in [3.05, 3.63) is 117 Å². The molecule has 4 aromatic rings. The number of rotatable bonds is 10. The molecule has 4 heterocycles. The summed E-state index contributed by atoms with van der Waals surface area (Å²) in [4.78, 5) is 23.5. The summed E-state index contributed by atoms with van der Waals surface area (Å²) in [7, 11) is -15.1. The molecule has 4 fully saturated rings. The first kappa shape index (κ1) is 104. The lowest BCUT2D eigenvalue weighted by Gasteiger charge is -2.42. The Morgan fingerprint density at radius 1 is 0.267 bits per heavy atom. The van der Waals surface area contributed by atoms with Crippen molar-refractivity contribution in [2.45, 2.75) is 77.5 Å². The highest BCUT2D eigenvalue weighted by molar-refractivity contribution is 9.10. The number of ether oxygens (including phenoxy) is 2. The van der Waals surface area contributed by atoms with Crippen LogP contribution in [-0.2, 0) is 49.6 Å². The molecular weight excluding hydrogens is 1850 g/mol. The zero-order valence-corrected chi connectivity index (χ0v) is 75.5. The van der Waals surface area contributed by atoms with Gasteiger partial charge in [-0.05, 0) is 283 Å². The van der Waals surface area contributed by atoms with Gasteiger partial charge in [-0.2, -0.15) is 17.2 Å². The fourth-order valence-electron chi connectivity index (χ4n) is 10.2. The molecule has 2 spiro atoms. The van der Waals surface area contributed by atoms with E-state index >= 15 is 0 Å². The van der Waals surface area contributed by atoms with E-state index in [-0.39, 0.29) is 109 Å². The Hall–Kier alpha value is -17.8. The number of benzene rings is 4. The minimum Gasteiger partial charge on any atom is -0.358 e. The van der Waals surface area contributed by atoms with Crippen molar-refractivity contribution in [3.8, 4) is 392 Å². The molecule has 0 radical (unpaired) electrons. The summed E-state index contributed by atoms with van der Waals surface area (Å²) in [5.41, 5.74) is -1.30. The second-order valence-electron chi connectivity index (χ2n) is 23.7. The van der Waals surface area contributed by atoms with Gasteiger partial charge in [-0.25, -0.2) is 33.7 Å². The monoisotopic (exact) mass is 1890 g/mol. The van der Waals surface area contributed by atoms with Crippen molar-refractivity contribution in [1.82, 2.24) is 17.2 Å². The van der Waals surface area contributed by atoms with Crippen molar-refractivity contribution in [3.63, 3.8) is 0 Å². The highest BCUT2D eigenvalue weighted by atomic mass is 79.9. The Bertz CT molecular complexity index is 7870. The van der Waals surface area contributed by atoms with Gasteiger partial charge in [0.1, 0.15) is 11.4 Å². The van der Waals surface area contributed by atoms with Crippen LogP contribution in [0.3, 0.4) is 0 Å². The average molecular weight is 1900 g/mol. The predicted molar refractivity (Wildman–Crippen MR) is 508 cm³/mol. The first-order valence-corrected chi connectivity index (χ1v) is 44.2. The van der Waals surface area contributed by atoms with Crippen molar-refractivity contribution in [1.29, 1.82) is 0 Å². The molecule has 4 saturated heterocycles. The molecule has 0 N–H and O–H groups in total. The van der Waals surface area contributed by atoms with Crippen LogP contribution < -0.4 is 0 Å². The van der Waals surface area contributed by atoms with E-state index in [9.17, 15) is 43.3 Å². The van der Waals surface area contributed by atoms with Crippen molar-refractivity contribution >= 4 is 83.5 Å². The van der Waals surface area contributed by atoms with Gasteiger partial charge < -0.3 is 9.47 Å². The number of nitrogens with zero attached hydrogens (tertiary/aromatic N) is 4. The van der Waals surface area contributed by atoms with E-state index in [1.54, 1.807) is 55.5 Å². The van der Waals surface area contributed by atoms with Crippen LogP contribution in [0.15, 0.2) is 126 Å². The Morgan fingerprint density at radius 2 is 0.435 bits per heavy atom. The lowest BCUT2D eigenvalue weighted by atomic mass is 10.0. The van der Waals surface area contributed by atoms with Crippen molar-refractivity contribution < 1.29 is 52.7 Å². The molecule has 0 aliphatic carbocycles. The second kappa shape index (κ2) is 59.1. The summed E-state index contributed by atoms with van der Waals surface area (Å²) in [6.45, 7) is 5.97. The van der Waals surface area contributed by atoms with Crippen LogP contribution in [0.25, 0.3) is 0 Å². The number of halogens is 2. The molecule has 22 heteroatoms. The molecular formula is C109H52Br2N4O12S4. The summed E-state index contributed by atoms with van der Waals surface area (Å²) < 4.78 is 124. The molecule has 8 rings (SSSR count). The molecule has 618 valence electrons. The van der Waals surface area contributed by atoms with E-state index in [0.29, 0.717) is 11.1 Å². The summed E-state index contributed by atoms with van der Waals surface area (Å²) in [6.07, 6.45) is 15.7. The van der Waals surface area contributed by atoms with Crippen LogP contribution in [0, 0.1) is 392 Å². The van der Waals surface area contributed by atoms with E-state index in [1.807, 2.05) is 0 Å². The van der Waals surface area contributed by atoms with Crippen LogP contribution in [0.5, 0.6) is 0 Å². The number of carbonyl (C=O) groups is 2. The fraction of sp³-hybridized carbons (Fsp3) is 0.156. The molecule has 131 heavy (non-hydrogen) atoms. The van der Waals surface area contributed by atoms with Gasteiger partial charge in [0.05, 0.1) is 32.8 Å². The van der Waals surface area contributed by atoms with Crippen LogP contribution in [-0.4, -0.2) is 126 Å². The molecule has 0 saturated carbocycles. The van der Waals surface area contributed by atoms with Crippen molar-refractivity contribution in [2.75, 3.05) is 52.5 Å². The van der Waals surface area contributed by atoms with Gasteiger partial charge in [0, 0.05) is 263 Å². The average Bonchev–Trinajstić information content (AvgIpc) is 1.65. The molecule has 16 nitrogen and oxygen atoms in total. The van der Waals surface area contributed by atoms with Crippen LogP contribution in [0.2, 0.25) is 0 Å². The number of piperidine rings is 2. The first-order valence-electron chi connectivity index (χ1n) is 36.8. The van der Waals surface area contributed by atoms with Crippen LogP contribution >= 0.6 is 31.9 Å². The van der Waals surface area contributed by atoms with Crippen LogP contribution in [0.4, 0.5) is 0 Å². The molecule has 4 aromatic carbocycles. The number of Topliss-reactive ketones (excluding diaryl/α,β-unsaturated/α-hetero) is 2. The Labute approximate surface area is 786 Å². The Kier molecular flexibility index (Phi) is 46.8. The highest BCUT2D eigenvalue weighted by Gasteiger charge is 2.53. The Morgan fingerprint density at radius 3 is 0.611 bits per heavy atom. The van der Waals surface area contributed by atoms with Crippen molar-refractivity contribution in [2.24, 2.45) is 0 Å². The van der Waals surface area contributed by atoms with Gasteiger partial charge in [-0.1, -0.05) is 62.0 Å². The normalized spacial score (nSPS) is 11.7. The standard InChI is InChI=1S/C42H2.C25H4.C23H26N2O7S2.C19H20Br2N2O5S2/c1-3-5-7-9-11-13-15-17-19-21-23-25-27-29-31-33-35-37-39-41-42-40-38-36-34-32-30-28-26-24-22-20-18-16-14-12-10-8-6-4-2;1-3-5-7-9-11-13-15-17-19-21-23-25-24-22-20-18-16-14-12-10-8-6-4-2;1-17(26)19-3-7-21(8-4-19)33(28,29)24-13-11-23(12-14-24)25(15-16-32-23)34(30,31)22-9-5-20(6-10-22)18(2)27;20-15-1-5-17(6-2-15)29(24,25)22-11-9-19(10-12-22)23(13-14-28-19)30(26,27)18-7-3-16(21)4-8-18/h1-2H;1H,2H3;3-10H,11-16H2,1-2H3;1-8H,9-14H2. The number of hydrogen-bond acceptors (Lipinski definition) is 12. The Balaban J connectivity index is 0.000000314. The maximum Gasteiger partial charge on any atom is 0.245 e. The van der Waals surface area contributed by atoms with Gasteiger partial charge in [0.25, 0.3) is 0 Å². The predicted octanol–water partition coefficient (Wildman–Crippen LogP) is 6.70. The largest absolute Gasteiger partial charge is 0.358 e. The third-order valence-electron chi connectivity index (χ3n) is 15.8. The number of carbonyl (C=O) groups excluding carboxylic acids is 2. The van der Waals surface area contributed by atoms with E-state index in [2.05, 4.69) is 405 Å². The molecule has 0 atom stereocenters. The molecule has 0 unspecified atom stereocenters. The lowest BCUT2D eigenvalue weighted by molar-refractivity contribution is -0.0810. The molecule has 4 aliphatic heterocycles. The lowest BCUT2D eigenvalue weighted by Crippen LogP contribution is -2.55. The maximum atomic E-state index is 13.4. The van der Waals surface area contributed by atoms with E-state index in [1.165, 1.54) is 79.6 Å². The minimum absolute atomic E-state index is 0.0583. The van der Waals surface area contributed by atoms with E-state index < -0.39 is 51.5 Å². The van der Waals surface area contributed by atoms with Gasteiger partial charge >= 0.3 is 0 Å². The second-order valence-corrected chi connectivity index (χ2v) is 33.1. The zero-order valence-electron chi connectivity index (χ0n) is 69.0.